The average molecular weight is 284 g/mol. The highest BCUT2D eigenvalue weighted by Gasteiger charge is 2.18. The third-order valence-electron chi connectivity index (χ3n) is 3.52. The van der Waals surface area contributed by atoms with Crippen LogP contribution in [0.1, 0.15) is 28.8 Å². The Hall–Kier alpha value is -1.94. The number of benzene rings is 1. The molecule has 1 aromatic carbocycles. The molecule has 1 heterocycles. The van der Waals surface area contributed by atoms with Crippen LogP contribution in [0.4, 0.5) is 0 Å². The smallest absolute Gasteiger partial charge is 0.229 e. The number of hydrogen-bond acceptors (Lipinski definition) is 3. The molecule has 0 saturated heterocycles. The van der Waals surface area contributed by atoms with Gasteiger partial charge in [-0.2, -0.15) is 0 Å². The van der Waals surface area contributed by atoms with Gasteiger partial charge < -0.3 is 10.5 Å². The maximum Gasteiger partial charge on any atom is 0.229 e. The van der Waals surface area contributed by atoms with E-state index < -0.39 is 0 Å². The third kappa shape index (κ3) is 2.51. The van der Waals surface area contributed by atoms with Gasteiger partial charge in [-0.25, -0.2) is 4.98 Å². The van der Waals surface area contributed by atoms with Crippen molar-refractivity contribution in [1.29, 1.82) is 0 Å². The lowest BCUT2D eigenvalue weighted by atomic mass is 10.1. The topological polar surface area (TPSA) is 48.1 Å². The number of nitrogens with two attached hydrogens (primary N) is 1. The Bertz CT molecular complexity index is 665. The van der Waals surface area contributed by atoms with E-state index in [0.29, 0.717) is 10.9 Å². The highest BCUT2D eigenvalue weighted by Crippen LogP contribution is 2.29. The van der Waals surface area contributed by atoms with Crippen molar-refractivity contribution in [3.8, 4) is 11.6 Å². The molecule has 0 fully saturated rings. The molecule has 0 unspecified atom stereocenters. The second-order valence-corrected chi connectivity index (χ2v) is 5.52. The monoisotopic (exact) mass is 284 g/mol. The van der Waals surface area contributed by atoms with Crippen LogP contribution in [0.5, 0.6) is 11.6 Å². The number of fused-ring (bicyclic) bond motifs is 1. The summed E-state index contributed by atoms with van der Waals surface area (Å²) in [5, 5.41) is 0. The number of aryl methyl sites for hydroxylation is 3. The lowest BCUT2D eigenvalue weighted by Gasteiger charge is -2.11. The minimum atomic E-state index is 0.328. The van der Waals surface area contributed by atoms with Gasteiger partial charge in [0, 0.05) is 5.69 Å². The molecule has 3 rings (SSSR count). The number of thiocarbonyl (C=S) groups is 1. The molecule has 0 saturated carbocycles. The summed E-state index contributed by atoms with van der Waals surface area (Å²) in [7, 11) is 0. The fraction of sp³-hybridized carbons (Fsp3) is 0.250. The summed E-state index contributed by atoms with van der Waals surface area (Å²) in [5.41, 5.74) is 10.1. The minimum Gasteiger partial charge on any atom is -0.438 e. The molecule has 0 aliphatic heterocycles. The van der Waals surface area contributed by atoms with Crippen LogP contribution < -0.4 is 10.5 Å². The quantitative estimate of drug-likeness (QED) is 0.879. The number of ether oxygens (including phenoxy) is 1. The summed E-state index contributed by atoms with van der Waals surface area (Å²) in [4.78, 5) is 4.93. The average Bonchev–Trinajstić information content (AvgIpc) is 2.87. The number of pyridine rings is 1. The zero-order chi connectivity index (χ0) is 14.1. The van der Waals surface area contributed by atoms with Crippen molar-refractivity contribution >= 4 is 17.2 Å². The zero-order valence-electron chi connectivity index (χ0n) is 11.3. The minimum absolute atomic E-state index is 0.328. The fourth-order valence-electron chi connectivity index (χ4n) is 2.43. The molecule has 4 heteroatoms. The van der Waals surface area contributed by atoms with Gasteiger partial charge in [-0.15, -0.1) is 0 Å². The summed E-state index contributed by atoms with van der Waals surface area (Å²) < 4.78 is 5.87. The van der Waals surface area contributed by atoms with Crippen LogP contribution in [0, 0.1) is 6.92 Å². The molecule has 1 aromatic heterocycles. The number of aromatic nitrogens is 1. The molecule has 0 amide bonds. The van der Waals surface area contributed by atoms with Crippen molar-refractivity contribution in [2.24, 2.45) is 5.73 Å². The van der Waals surface area contributed by atoms with Crippen LogP contribution in [0.15, 0.2) is 30.3 Å². The van der Waals surface area contributed by atoms with E-state index in [0.717, 1.165) is 36.3 Å². The van der Waals surface area contributed by atoms with E-state index in [9.17, 15) is 0 Å². The van der Waals surface area contributed by atoms with Gasteiger partial charge in [0.05, 0.1) is 5.56 Å². The van der Waals surface area contributed by atoms with Gasteiger partial charge in [-0.3, -0.25) is 0 Å². The SMILES string of the molecule is Cc1ccc(Oc2nc3c(cc2C(N)=S)CCC3)cc1. The van der Waals surface area contributed by atoms with Crippen LogP contribution in [0.2, 0.25) is 0 Å². The first-order valence-corrected chi connectivity index (χ1v) is 7.11. The Morgan fingerprint density at radius 3 is 2.70 bits per heavy atom. The van der Waals surface area contributed by atoms with Crippen molar-refractivity contribution < 1.29 is 4.74 Å². The standard InChI is InChI=1S/C16H16N2OS/c1-10-5-7-12(8-6-10)19-16-13(15(17)20)9-11-3-2-4-14(11)18-16/h5-9H,2-4H2,1H3,(H2,17,20). The largest absolute Gasteiger partial charge is 0.438 e. The van der Waals surface area contributed by atoms with Gasteiger partial charge in [-0.1, -0.05) is 29.9 Å². The lowest BCUT2D eigenvalue weighted by Crippen LogP contribution is -2.13. The maximum absolute atomic E-state index is 5.87. The normalized spacial score (nSPS) is 13.1. The van der Waals surface area contributed by atoms with E-state index in [1.807, 2.05) is 37.3 Å². The van der Waals surface area contributed by atoms with Crippen LogP contribution >= 0.6 is 12.2 Å². The number of rotatable bonds is 3. The first kappa shape index (κ1) is 13.1. The van der Waals surface area contributed by atoms with Crippen LogP contribution in [0.3, 0.4) is 0 Å². The van der Waals surface area contributed by atoms with Crippen molar-refractivity contribution in [1.82, 2.24) is 4.98 Å². The summed E-state index contributed by atoms with van der Waals surface area (Å²) in [5.74, 6) is 1.26. The van der Waals surface area contributed by atoms with Crippen LogP contribution in [-0.4, -0.2) is 9.97 Å². The molecule has 0 atom stereocenters. The van der Waals surface area contributed by atoms with E-state index in [1.165, 1.54) is 11.1 Å². The van der Waals surface area contributed by atoms with Gasteiger partial charge in [0.1, 0.15) is 10.7 Å². The van der Waals surface area contributed by atoms with Crippen molar-refractivity contribution in [3.05, 3.63) is 52.7 Å². The van der Waals surface area contributed by atoms with Gasteiger partial charge in [0.2, 0.25) is 5.88 Å². The van der Waals surface area contributed by atoms with Gasteiger partial charge in [0.25, 0.3) is 0 Å². The Labute approximate surface area is 123 Å². The molecule has 0 bridgehead atoms. The zero-order valence-corrected chi connectivity index (χ0v) is 12.2. The van der Waals surface area contributed by atoms with E-state index >= 15 is 0 Å². The molecular formula is C16H16N2OS. The molecule has 2 N–H and O–H groups in total. The molecule has 102 valence electrons. The number of nitrogens with zero attached hydrogens (tertiary/aromatic N) is 1. The van der Waals surface area contributed by atoms with Crippen molar-refractivity contribution in [2.75, 3.05) is 0 Å². The first-order valence-electron chi connectivity index (χ1n) is 6.70. The lowest BCUT2D eigenvalue weighted by molar-refractivity contribution is 0.460. The van der Waals surface area contributed by atoms with E-state index in [4.69, 9.17) is 22.7 Å². The third-order valence-corrected chi connectivity index (χ3v) is 3.74. The highest BCUT2D eigenvalue weighted by molar-refractivity contribution is 7.80. The van der Waals surface area contributed by atoms with Crippen LogP contribution in [-0.2, 0) is 12.8 Å². The molecule has 1 aliphatic rings. The predicted octanol–water partition coefficient (Wildman–Crippen LogP) is 3.31. The molecule has 3 nitrogen and oxygen atoms in total. The van der Waals surface area contributed by atoms with E-state index in [-0.39, 0.29) is 0 Å². The summed E-state index contributed by atoms with van der Waals surface area (Å²) in [6.07, 6.45) is 3.17. The second-order valence-electron chi connectivity index (χ2n) is 5.08. The summed E-state index contributed by atoms with van der Waals surface area (Å²) in [6, 6.07) is 9.88. The first-order chi connectivity index (χ1) is 9.63. The van der Waals surface area contributed by atoms with E-state index in [2.05, 4.69) is 4.98 Å². The molecule has 20 heavy (non-hydrogen) atoms. The van der Waals surface area contributed by atoms with E-state index in [1.54, 1.807) is 0 Å². The van der Waals surface area contributed by atoms with Crippen molar-refractivity contribution in [3.63, 3.8) is 0 Å². The van der Waals surface area contributed by atoms with Crippen molar-refractivity contribution in [2.45, 2.75) is 26.2 Å². The molecular weight excluding hydrogens is 268 g/mol. The molecule has 0 radical (unpaired) electrons. The molecule has 1 aliphatic carbocycles. The molecule has 2 aromatic rings. The highest BCUT2D eigenvalue weighted by atomic mass is 32.1. The summed E-state index contributed by atoms with van der Waals surface area (Å²) >= 11 is 5.12. The Morgan fingerprint density at radius 1 is 1.25 bits per heavy atom. The molecule has 0 spiro atoms. The predicted molar refractivity (Wildman–Crippen MR) is 83.4 cm³/mol. The second kappa shape index (κ2) is 5.21. The van der Waals surface area contributed by atoms with Gasteiger partial charge >= 0.3 is 0 Å². The summed E-state index contributed by atoms with van der Waals surface area (Å²) in [6.45, 7) is 2.04. The Balaban J connectivity index is 1.99. The van der Waals surface area contributed by atoms with Gasteiger partial charge in [0.15, 0.2) is 0 Å². The maximum atomic E-state index is 5.87. The Morgan fingerprint density at radius 2 is 2.00 bits per heavy atom. The fourth-order valence-corrected chi connectivity index (χ4v) is 2.57. The Kier molecular flexibility index (Phi) is 3.40. The van der Waals surface area contributed by atoms with Gasteiger partial charge in [-0.05, 0) is 49.9 Å². The number of hydrogen-bond donors (Lipinski definition) is 1. The van der Waals surface area contributed by atoms with Crippen LogP contribution in [0.25, 0.3) is 0 Å².